The summed E-state index contributed by atoms with van der Waals surface area (Å²) in [5.74, 6) is 2.40. The second kappa shape index (κ2) is 9.96. The van der Waals surface area contributed by atoms with Crippen LogP contribution in [0.5, 0.6) is 11.5 Å². The van der Waals surface area contributed by atoms with Gasteiger partial charge in [-0.15, -0.1) is 5.10 Å². The van der Waals surface area contributed by atoms with Crippen LogP contribution in [0, 0.1) is 0 Å². The van der Waals surface area contributed by atoms with E-state index in [2.05, 4.69) is 42.8 Å². The molecule has 0 radical (unpaired) electrons. The smallest absolute Gasteiger partial charge is 0.209 e. The lowest BCUT2D eigenvalue weighted by atomic mass is 10.2. The molecule has 10 heteroatoms. The molecule has 0 aliphatic rings. The molecule has 2 aromatic rings. The summed E-state index contributed by atoms with van der Waals surface area (Å²) >= 11 is 5.16. The number of methoxy groups -OCH3 is 2. The first-order chi connectivity index (χ1) is 10.7. The van der Waals surface area contributed by atoms with Crippen LogP contribution in [0.4, 0.5) is 0 Å². The third kappa shape index (κ3) is 5.52. The minimum absolute atomic E-state index is 0. The van der Waals surface area contributed by atoms with Crippen molar-refractivity contribution in [3.05, 3.63) is 22.2 Å². The number of aromatic nitrogens is 4. The fraction of sp³-hybridized carbons (Fsp3) is 0.462. The molecule has 0 bridgehead atoms. The Balaban J connectivity index is 0.00000264. The Hall–Kier alpha value is -1.03. The van der Waals surface area contributed by atoms with E-state index in [0.717, 1.165) is 40.0 Å². The van der Waals surface area contributed by atoms with Gasteiger partial charge in [0.1, 0.15) is 6.54 Å². The molecular weight excluding hydrogens is 406 g/mol. The van der Waals surface area contributed by atoms with Gasteiger partial charge in [0.2, 0.25) is 5.16 Å². The van der Waals surface area contributed by atoms with Gasteiger partial charge in [0.15, 0.2) is 11.5 Å². The second-order valence-corrected chi connectivity index (χ2v) is 6.44. The number of aryl methyl sites for hydroxylation is 1. The molecule has 0 aliphatic carbocycles. The van der Waals surface area contributed by atoms with Crippen LogP contribution < -0.4 is 27.2 Å². The number of quaternary nitrogens is 1. The lowest BCUT2D eigenvalue weighted by Gasteiger charge is -2.11. The van der Waals surface area contributed by atoms with Crippen LogP contribution in [0.25, 0.3) is 0 Å². The van der Waals surface area contributed by atoms with E-state index in [0.29, 0.717) is 0 Å². The van der Waals surface area contributed by atoms with E-state index in [1.54, 1.807) is 30.7 Å². The van der Waals surface area contributed by atoms with Crippen LogP contribution in [0.3, 0.4) is 0 Å². The van der Waals surface area contributed by atoms with E-state index in [-0.39, 0.29) is 12.4 Å². The minimum atomic E-state index is 0. The molecule has 0 aliphatic heterocycles. The van der Waals surface area contributed by atoms with Gasteiger partial charge in [0.05, 0.1) is 31.0 Å². The zero-order chi connectivity index (χ0) is 15.9. The van der Waals surface area contributed by atoms with E-state index in [1.165, 1.54) is 5.56 Å². The first kappa shape index (κ1) is 20.0. The summed E-state index contributed by atoms with van der Waals surface area (Å²) in [6.45, 7) is 1.85. The van der Waals surface area contributed by atoms with Crippen LogP contribution in [-0.4, -0.2) is 46.7 Å². The van der Waals surface area contributed by atoms with E-state index < -0.39 is 0 Å². The highest BCUT2D eigenvalue weighted by molar-refractivity contribution is 9.10. The number of hydrogen-bond acceptors (Lipinski definition) is 6. The SMILES string of the molecule is COc1cc(C[NH2+]CCSc2nnnn2C)cc(Br)c1OC.[Cl-]. The summed E-state index contributed by atoms with van der Waals surface area (Å²) in [6.07, 6.45) is 0. The molecule has 7 nitrogen and oxygen atoms in total. The number of tetrazole rings is 1. The number of hydrogen-bond donors (Lipinski definition) is 1. The van der Waals surface area contributed by atoms with Gasteiger partial charge in [-0.2, -0.15) is 0 Å². The molecule has 2 rings (SSSR count). The first-order valence-electron chi connectivity index (χ1n) is 6.73. The highest BCUT2D eigenvalue weighted by atomic mass is 79.9. The normalized spacial score (nSPS) is 10.3. The van der Waals surface area contributed by atoms with Crippen LogP contribution in [0.2, 0.25) is 0 Å². The van der Waals surface area contributed by atoms with Gasteiger partial charge in [-0.25, -0.2) is 4.68 Å². The standard InChI is InChI=1S/C13H18BrN5O2S.ClH/c1-19-13(16-17-18-19)22-5-4-15-8-9-6-10(14)12(21-3)11(7-9)20-2;/h6-7,15H,4-5,8H2,1-3H3;1H. The highest BCUT2D eigenvalue weighted by Crippen LogP contribution is 2.35. The third-order valence-electron chi connectivity index (χ3n) is 3.01. The van der Waals surface area contributed by atoms with Crippen molar-refractivity contribution in [2.75, 3.05) is 26.5 Å². The first-order valence-corrected chi connectivity index (χ1v) is 8.50. The van der Waals surface area contributed by atoms with Crippen molar-refractivity contribution in [1.82, 2.24) is 20.2 Å². The summed E-state index contributed by atoms with van der Waals surface area (Å²) in [5, 5.41) is 14.4. The maximum atomic E-state index is 5.35. The lowest BCUT2D eigenvalue weighted by Crippen LogP contribution is -3.00. The van der Waals surface area contributed by atoms with Crippen molar-refractivity contribution in [2.24, 2.45) is 7.05 Å². The Morgan fingerprint density at radius 3 is 2.70 bits per heavy atom. The third-order valence-corrected chi connectivity index (χ3v) is 4.64. The molecule has 0 amide bonds. The van der Waals surface area contributed by atoms with E-state index in [1.807, 2.05) is 13.1 Å². The van der Waals surface area contributed by atoms with Gasteiger partial charge in [-0.05, 0) is 38.5 Å². The van der Waals surface area contributed by atoms with Crippen molar-refractivity contribution in [2.45, 2.75) is 11.7 Å². The average molecular weight is 425 g/mol. The summed E-state index contributed by atoms with van der Waals surface area (Å²) in [4.78, 5) is 0. The molecule has 0 saturated carbocycles. The van der Waals surface area contributed by atoms with Crippen LogP contribution in [0.1, 0.15) is 5.56 Å². The Bertz CT molecular complexity index is 628. The maximum Gasteiger partial charge on any atom is 0.209 e. The van der Waals surface area contributed by atoms with Crippen molar-refractivity contribution in [1.29, 1.82) is 0 Å². The summed E-state index contributed by atoms with van der Waals surface area (Å²) in [6, 6.07) is 4.05. The lowest BCUT2D eigenvalue weighted by molar-refractivity contribution is -0.666. The Morgan fingerprint density at radius 1 is 1.30 bits per heavy atom. The molecule has 0 atom stereocenters. The molecule has 2 N–H and O–H groups in total. The molecule has 1 aromatic carbocycles. The largest absolute Gasteiger partial charge is 1.00 e. The molecule has 0 saturated heterocycles. The van der Waals surface area contributed by atoms with E-state index in [4.69, 9.17) is 9.47 Å². The number of halogens is 2. The van der Waals surface area contributed by atoms with Crippen molar-refractivity contribution < 1.29 is 27.2 Å². The van der Waals surface area contributed by atoms with Crippen LogP contribution in [0.15, 0.2) is 21.8 Å². The number of ether oxygens (including phenoxy) is 2. The predicted molar refractivity (Wildman–Crippen MR) is 87.3 cm³/mol. The van der Waals surface area contributed by atoms with Gasteiger partial charge in [0, 0.05) is 12.6 Å². The fourth-order valence-electron chi connectivity index (χ4n) is 1.93. The number of rotatable bonds is 8. The molecular formula is C13H19BrClN5O2S. The van der Waals surface area contributed by atoms with E-state index >= 15 is 0 Å². The average Bonchev–Trinajstić information content (AvgIpc) is 2.91. The topological polar surface area (TPSA) is 78.7 Å². The van der Waals surface area contributed by atoms with Gasteiger partial charge in [-0.3, -0.25) is 0 Å². The van der Waals surface area contributed by atoms with Gasteiger partial charge >= 0.3 is 0 Å². The number of benzene rings is 1. The van der Waals surface area contributed by atoms with Gasteiger partial charge < -0.3 is 27.2 Å². The number of nitrogens with zero attached hydrogens (tertiary/aromatic N) is 4. The zero-order valence-corrected chi connectivity index (χ0v) is 16.3. The minimum Gasteiger partial charge on any atom is -1.00 e. The van der Waals surface area contributed by atoms with Gasteiger partial charge in [0.25, 0.3) is 0 Å². The molecule has 1 heterocycles. The Morgan fingerprint density at radius 2 is 2.09 bits per heavy atom. The van der Waals surface area contributed by atoms with Gasteiger partial charge in [-0.1, -0.05) is 11.8 Å². The monoisotopic (exact) mass is 423 g/mol. The molecule has 0 spiro atoms. The van der Waals surface area contributed by atoms with Crippen LogP contribution >= 0.6 is 27.7 Å². The maximum absolute atomic E-state index is 5.35. The van der Waals surface area contributed by atoms with Crippen LogP contribution in [-0.2, 0) is 13.6 Å². The number of thioether (sulfide) groups is 1. The molecule has 0 fully saturated rings. The van der Waals surface area contributed by atoms with E-state index in [9.17, 15) is 0 Å². The zero-order valence-electron chi connectivity index (χ0n) is 13.1. The predicted octanol–water partition coefficient (Wildman–Crippen LogP) is -2.15. The second-order valence-electron chi connectivity index (χ2n) is 4.53. The molecule has 128 valence electrons. The van der Waals surface area contributed by atoms with Crippen molar-refractivity contribution in [3.63, 3.8) is 0 Å². The molecule has 1 aromatic heterocycles. The molecule has 0 unspecified atom stereocenters. The number of nitrogens with two attached hydrogens (primary N) is 1. The summed E-state index contributed by atoms with van der Waals surface area (Å²) in [5.41, 5.74) is 1.18. The highest BCUT2D eigenvalue weighted by Gasteiger charge is 2.11. The Kier molecular flexibility index (Phi) is 8.67. The van der Waals surface area contributed by atoms with Crippen molar-refractivity contribution >= 4 is 27.7 Å². The fourth-order valence-corrected chi connectivity index (χ4v) is 3.37. The summed E-state index contributed by atoms with van der Waals surface area (Å²) < 4.78 is 13.2. The quantitative estimate of drug-likeness (QED) is 0.385. The van der Waals surface area contributed by atoms with Crippen molar-refractivity contribution in [3.8, 4) is 11.5 Å². The molecule has 23 heavy (non-hydrogen) atoms. The summed E-state index contributed by atoms with van der Waals surface area (Å²) in [7, 11) is 5.11. The Labute approximate surface area is 154 Å².